The first-order valence-electron chi connectivity index (χ1n) is 12.1. The summed E-state index contributed by atoms with van der Waals surface area (Å²) in [5.74, 6) is -0.373. The average Bonchev–Trinajstić information content (AvgIpc) is 3.48. The maximum absolute atomic E-state index is 13.3. The van der Waals surface area contributed by atoms with Crippen LogP contribution in [0.1, 0.15) is 57.5 Å². The fourth-order valence-corrected chi connectivity index (χ4v) is 5.86. The highest BCUT2D eigenvalue weighted by atomic mass is 16.2. The fraction of sp³-hybridized carbons (Fsp3) is 0.321. The predicted octanol–water partition coefficient (Wildman–Crippen LogP) is 3.78. The van der Waals surface area contributed by atoms with Gasteiger partial charge in [-0.2, -0.15) is 0 Å². The summed E-state index contributed by atoms with van der Waals surface area (Å²) in [5, 5.41) is 3.66. The Bertz CT molecular complexity index is 1290. The SMILES string of the molecule is NC(=O)c1cc(-c2ccccc2)nc2c1Cc1cc(C(=O)N3CCC4(CCCN4)CC3)ccc1-2. The van der Waals surface area contributed by atoms with E-state index >= 15 is 0 Å². The lowest BCUT2D eigenvalue weighted by Crippen LogP contribution is -2.51. The molecule has 3 aliphatic rings. The Morgan fingerprint density at radius 2 is 1.79 bits per heavy atom. The molecule has 0 radical (unpaired) electrons. The third kappa shape index (κ3) is 3.49. The van der Waals surface area contributed by atoms with E-state index in [-0.39, 0.29) is 11.4 Å². The second-order valence-electron chi connectivity index (χ2n) is 9.76. The summed E-state index contributed by atoms with van der Waals surface area (Å²) in [7, 11) is 0. The number of likely N-dealkylation sites (tertiary alicyclic amines) is 1. The minimum absolute atomic E-state index is 0.0830. The molecule has 0 saturated carbocycles. The number of carbonyl (C=O) groups excluding carboxylic acids is 2. The van der Waals surface area contributed by atoms with Crippen molar-refractivity contribution in [3.8, 4) is 22.5 Å². The molecule has 34 heavy (non-hydrogen) atoms. The number of hydrogen-bond acceptors (Lipinski definition) is 4. The van der Waals surface area contributed by atoms with E-state index < -0.39 is 5.91 Å². The number of fused-ring (bicyclic) bond motifs is 3. The molecule has 2 saturated heterocycles. The molecule has 1 aromatic heterocycles. The average molecular weight is 453 g/mol. The highest BCUT2D eigenvalue weighted by Gasteiger charge is 2.38. The molecule has 2 amide bonds. The largest absolute Gasteiger partial charge is 0.366 e. The van der Waals surface area contributed by atoms with Crippen molar-refractivity contribution < 1.29 is 9.59 Å². The lowest BCUT2D eigenvalue weighted by atomic mass is 9.86. The molecule has 6 nitrogen and oxygen atoms in total. The highest BCUT2D eigenvalue weighted by molar-refractivity contribution is 6.00. The third-order valence-electron chi connectivity index (χ3n) is 7.77. The van der Waals surface area contributed by atoms with Crippen LogP contribution in [-0.4, -0.2) is 46.9 Å². The van der Waals surface area contributed by atoms with Gasteiger partial charge < -0.3 is 16.0 Å². The Morgan fingerprint density at radius 1 is 1.00 bits per heavy atom. The molecule has 0 atom stereocenters. The number of primary amides is 1. The van der Waals surface area contributed by atoms with Crippen LogP contribution in [0.5, 0.6) is 0 Å². The van der Waals surface area contributed by atoms with Crippen LogP contribution in [0.2, 0.25) is 0 Å². The molecule has 3 aromatic rings. The van der Waals surface area contributed by atoms with Crippen molar-refractivity contribution in [2.75, 3.05) is 19.6 Å². The van der Waals surface area contributed by atoms with Gasteiger partial charge >= 0.3 is 0 Å². The van der Waals surface area contributed by atoms with Gasteiger partial charge in [0.25, 0.3) is 5.91 Å². The van der Waals surface area contributed by atoms with Gasteiger partial charge in [0.1, 0.15) is 0 Å². The van der Waals surface area contributed by atoms with Crippen molar-refractivity contribution in [3.05, 3.63) is 76.9 Å². The lowest BCUT2D eigenvalue weighted by Gasteiger charge is -2.39. The summed E-state index contributed by atoms with van der Waals surface area (Å²) in [6.07, 6.45) is 5.03. The monoisotopic (exact) mass is 452 g/mol. The molecular formula is C28H28N4O2. The zero-order valence-electron chi connectivity index (χ0n) is 19.1. The van der Waals surface area contributed by atoms with Crippen LogP contribution in [0.3, 0.4) is 0 Å². The number of amides is 2. The molecule has 2 fully saturated rings. The van der Waals surface area contributed by atoms with Crippen molar-refractivity contribution in [2.45, 2.75) is 37.6 Å². The molecule has 2 aromatic carbocycles. The predicted molar refractivity (Wildman–Crippen MR) is 132 cm³/mol. The third-order valence-corrected chi connectivity index (χ3v) is 7.77. The number of hydrogen-bond donors (Lipinski definition) is 2. The van der Waals surface area contributed by atoms with Crippen LogP contribution >= 0.6 is 0 Å². The van der Waals surface area contributed by atoms with Crippen LogP contribution < -0.4 is 11.1 Å². The van der Waals surface area contributed by atoms with E-state index in [4.69, 9.17) is 10.7 Å². The number of piperidine rings is 1. The zero-order valence-corrected chi connectivity index (χ0v) is 19.1. The van der Waals surface area contributed by atoms with E-state index in [1.54, 1.807) is 6.07 Å². The van der Waals surface area contributed by atoms with Gasteiger partial charge in [0, 0.05) is 47.3 Å². The van der Waals surface area contributed by atoms with Crippen LogP contribution in [0, 0.1) is 0 Å². The van der Waals surface area contributed by atoms with Gasteiger partial charge in [-0.05, 0) is 61.6 Å². The van der Waals surface area contributed by atoms with E-state index in [2.05, 4.69) is 5.32 Å². The molecule has 1 aliphatic carbocycles. The van der Waals surface area contributed by atoms with Crippen molar-refractivity contribution >= 4 is 11.8 Å². The van der Waals surface area contributed by atoms with Gasteiger partial charge in [-0.1, -0.05) is 36.4 Å². The van der Waals surface area contributed by atoms with Crippen molar-refractivity contribution in [1.29, 1.82) is 0 Å². The summed E-state index contributed by atoms with van der Waals surface area (Å²) in [6.45, 7) is 2.67. The summed E-state index contributed by atoms with van der Waals surface area (Å²) in [6, 6.07) is 17.4. The molecule has 0 bridgehead atoms. The lowest BCUT2D eigenvalue weighted by molar-refractivity contribution is 0.0656. The quantitative estimate of drug-likeness (QED) is 0.495. The second kappa shape index (κ2) is 8.06. The highest BCUT2D eigenvalue weighted by Crippen LogP contribution is 2.39. The van der Waals surface area contributed by atoms with Crippen molar-refractivity contribution in [1.82, 2.24) is 15.2 Å². The normalized spacial score (nSPS) is 18.1. The van der Waals surface area contributed by atoms with Gasteiger partial charge in [-0.3, -0.25) is 9.59 Å². The van der Waals surface area contributed by atoms with E-state index in [9.17, 15) is 9.59 Å². The van der Waals surface area contributed by atoms with Crippen LogP contribution in [0.4, 0.5) is 0 Å². The minimum atomic E-state index is -0.456. The molecule has 3 heterocycles. The molecule has 172 valence electrons. The number of carbonyl (C=O) groups is 2. The first-order chi connectivity index (χ1) is 16.5. The topological polar surface area (TPSA) is 88.3 Å². The van der Waals surface area contributed by atoms with E-state index in [1.807, 2.05) is 53.4 Å². The minimum Gasteiger partial charge on any atom is -0.366 e. The van der Waals surface area contributed by atoms with Crippen molar-refractivity contribution in [3.63, 3.8) is 0 Å². The van der Waals surface area contributed by atoms with Crippen LogP contribution in [0.25, 0.3) is 22.5 Å². The maximum Gasteiger partial charge on any atom is 0.253 e. The summed E-state index contributed by atoms with van der Waals surface area (Å²) >= 11 is 0. The first-order valence-corrected chi connectivity index (χ1v) is 12.1. The Kier molecular flexibility index (Phi) is 4.99. The van der Waals surface area contributed by atoms with E-state index in [0.29, 0.717) is 17.5 Å². The summed E-state index contributed by atoms with van der Waals surface area (Å²) in [4.78, 5) is 32.5. The van der Waals surface area contributed by atoms with E-state index in [1.165, 1.54) is 12.8 Å². The zero-order chi connectivity index (χ0) is 23.3. The van der Waals surface area contributed by atoms with Gasteiger partial charge in [0.2, 0.25) is 5.91 Å². The number of nitrogens with one attached hydrogen (secondary N) is 1. The number of benzene rings is 2. The molecule has 3 N–H and O–H groups in total. The van der Waals surface area contributed by atoms with Crippen molar-refractivity contribution in [2.24, 2.45) is 5.73 Å². The van der Waals surface area contributed by atoms with Gasteiger partial charge in [-0.25, -0.2) is 4.98 Å². The molecule has 1 spiro atoms. The fourth-order valence-electron chi connectivity index (χ4n) is 5.86. The molecule has 0 unspecified atom stereocenters. The standard InChI is InChI=1S/C28H28N4O2/c29-26(33)23-17-24(18-5-2-1-3-6-18)31-25-21-8-7-19(15-20(21)16-22(23)25)27(34)32-13-10-28(11-14-32)9-4-12-30-28/h1-3,5-8,15,17,30H,4,9-14,16H2,(H2,29,33). The Balaban J connectivity index is 1.30. The number of nitrogens with zero attached hydrogens (tertiary/aromatic N) is 2. The Morgan fingerprint density at radius 3 is 2.50 bits per heavy atom. The van der Waals surface area contributed by atoms with Crippen LogP contribution in [-0.2, 0) is 6.42 Å². The first kappa shape index (κ1) is 21.1. The van der Waals surface area contributed by atoms with E-state index in [0.717, 1.165) is 66.1 Å². The Labute approximate surface area is 199 Å². The number of aromatic nitrogens is 1. The Hall–Kier alpha value is -3.51. The van der Waals surface area contributed by atoms with Crippen LogP contribution in [0.15, 0.2) is 54.6 Å². The second-order valence-corrected chi connectivity index (χ2v) is 9.76. The maximum atomic E-state index is 13.3. The van der Waals surface area contributed by atoms with Gasteiger partial charge in [0.05, 0.1) is 11.4 Å². The molecule has 2 aliphatic heterocycles. The smallest absolute Gasteiger partial charge is 0.253 e. The molecule has 6 rings (SSSR count). The number of pyridine rings is 1. The number of nitrogens with two attached hydrogens (primary N) is 1. The summed E-state index contributed by atoms with van der Waals surface area (Å²) in [5.41, 5.74) is 12.5. The van der Waals surface area contributed by atoms with Gasteiger partial charge in [0.15, 0.2) is 0 Å². The molecule has 6 heteroatoms. The number of rotatable bonds is 3. The van der Waals surface area contributed by atoms with Gasteiger partial charge in [-0.15, -0.1) is 0 Å². The summed E-state index contributed by atoms with van der Waals surface area (Å²) < 4.78 is 0. The molecular weight excluding hydrogens is 424 g/mol.